The fourth-order valence-electron chi connectivity index (χ4n) is 2.91. The van der Waals surface area contributed by atoms with Crippen LogP contribution < -0.4 is 30.0 Å². The van der Waals surface area contributed by atoms with Gasteiger partial charge in [-0.3, -0.25) is 28.6 Å². The number of amides is 2. The van der Waals surface area contributed by atoms with Crippen molar-refractivity contribution in [2.24, 2.45) is 7.05 Å². The largest absolute Gasteiger partial charge is 0.474 e. The first-order valence-corrected chi connectivity index (χ1v) is 11.0. The Balaban J connectivity index is 1.23. The molecule has 2 amide bonds. The molecule has 15 heteroatoms. The average molecular weight is 490 g/mol. The molecule has 0 bridgehead atoms. The van der Waals surface area contributed by atoms with Gasteiger partial charge in [0, 0.05) is 32.0 Å². The summed E-state index contributed by atoms with van der Waals surface area (Å²) < 4.78 is 29.0. The minimum atomic E-state index is -0.680. The molecule has 0 spiro atoms. The number of rotatable bonds is 10. The lowest BCUT2D eigenvalue weighted by atomic mass is 10.4. The van der Waals surface area contributed by atoms with Gasteiger partial charge in [-0.05, 0) is 0 Å². The van der Waals surface area contributed by atoms with E-state index in [1.165, 1.54) is 34.7 Å². The number of nitrogens with one attached hydrogen (secondary N) is 2. The first-order chi connectivity index (χ1) is 16.5. The Bertz CT molecular complexity index is 1290. The number of aromatic nitrogens is 5. The second kappa shape index (κ2) is 10.4. The van der Waals surface area contributed by atoms with E-state index in [-0.39, 0.29) is 59.2 Å². The van der Waals surface area contributed by atoms with Crippen LogP contribution in [0.15, 0.2) is 23.3 Å². The molecule has 0 fully saturated rings. The highest BCUT2D eigenvalue weighted by atomic mass is 32.2. The molecule has 0 unspecified atom stereocenters. The number of pyridine rings is 1. The highest BCUT2D eigenvalue weighted by Crippen LogP contribution is 2.25. The maximum atomic E-state index is 14.2. The van der Waals surface area contributed by atoms with Gasteiger partial charge < -0.3 is 14.8 Å². The lowest BCUT2D eigenvalue weighted by Crippen LogP contribution is -2.30. The van der Waals surface area contributed by atoms with E-state index in [9.17, 15) is 18.8 Å². The van der Waals surface area contributed by atoms with E-state index in [1.54, 1.807) is 0 Å². The molecule has 0 saturated heterocycles. The molecule has 0 atom stereocenters. The third-order valence-corrected chi connectivity index (χ3v) is 5.39. The lowest BCUT2D eigenvalue weighted by molar-refractivity contribution is -0.118. The summed E-state index contributed by atoms with van der Waals surface area (Å²) >= 11 is 1.32. The van der Waals surface area contributed by atoms with Crippen molar-refractivity contribution in [3.05, 3.63) is 34.6 Å². The number of nitrogens with zero attached hydrogens (tertiary/aromatic N) is 6. The molecule has 1 aliphatic rings. The van der Waals surface area contributed by atoms with E-state index >= 15 is 0 Å². The second-order valence-corrected chi connectivity index (χ2v) is 7.87. The predicted octanol–water partition coefficient (Wildman–Crippen LogP) is -0.132. The highest BCUT2D eigenvalue weighted by Gasteiger charge is 2.20. The first-order valence-electron chi connectivity index (χ1n) is 9.97. The van der Waals surface area contributed by atoms with Crippen LogP contribution in [0.3, 0.4) is 0 Å². The van der Waals surface area contributed by atoms with E-state index in [2.05, 4.69) is 30.0 Å². The fraction of sp³-hybridized carbons (Fsp3) is 0.316. The summed E-state index contributed by atoms with van der Waals surface area (Å²) in [5.74, 6) is -0.132. The van der Waals surface area contributed by atoms with E-state index in [0.717, 1.165) is 12.3 Å². The molecule has 0 radical (unpaired) electrons. The maximum absolute atomic E-state index is 14.2. The van der Waals surface area contributed by atoms with Crippen molar-refractivity contribution >= 4 is 47.1 Å². The van der Waals surface area contributed by atoms with Crippen LogP contribution in [0.5, 0.6) is 11.8 Å². The van der Waals surface area contributed by atoms with Crippen molar-refractivity contribution in [1.82, 2.24) is 29.2 Å². The quantitative estimate of drug-likeness (QED) is 0.222. The monoisotopic (exact) mass is 490 g/mol. The molecular formula is C19H19FN8O5S. The Labute approximate surface area is 195 Å². The molecular weight excluding hydrogens is 471 g/mol. The topological polar surface area (TPSA) is 153 Å². The molecule has 2 N–H and O–H groups in total. The van der Waals surface area contributed by atoms with Crippen LogP contribution in [0.1, 0.15) is 0 Å². The van der Waals surface area contributed by atoms with Gasteiger partial charge in [0.1, 0.15) is 12.1 Å². The van der Waals surface area contributed by atoms with Gasteiger partial charge in [0.05, 0.1) is 12.4 Å². The third-order valence-electron chi connectivity index (χ3n) is 4.59. The first kappa shape index (κ1) is 23.3. The Kier molecular flexibility index (Phi) is 7.12. The number of aryl methyl sites for hydroxylation is 1. The Morgan fingerprint density at radius 3 is 3.03 bits per heavy atom. The zero-order chi connectivity index (χ0) is 24.1. The second-order valence-electron chi connectivity index (χ2n) is 6.88. The maximum Gasteiger partial charge on any atom is 0.270 e. The van der Waals surface area contributed by atoms with E-state index in [4.69, 9.17) is 9.47 Å². The number of ether oxygens (including phenoxy) is 2. The molecule has 34 heavy (non-hydrogen) atoms. The molecule has 4 rings (SSSR count). The van der Waals surface area contributed by atoms with Gasteiger partial charge in [-0.25, -0.2) is 19.3 Å². The normalized spacial score (nSPS) is 12.6. The van der Waals surface area contributed by atoms with Crippen molar-refractivity contribution in [1.29, 1.82) is 0 Å². The lowest BCUT2D eigenvalue weighted by Gasteiger charge is -2.20. The van der Waals surface area contributed by atoms with E-state index in [0.29, 0.717) is 25.3 Å². The summed E-state index contributed by atoms with van der Waals surface area (Å²) in [6.07, 6.45) is 3.09. The summed E-state index contributed by atoms with van der Waals surface area (Å²) in [5, 5.41) is 2.54. The van der Waals surface area contributed by atoms with Gasteiger partial charge in [0.2, 0.25) is 6.41 Å². The van der Waals surface area contributed by atoms with Crippen LogP contribution in [0.25, 0.3) is 11.2 Å². The van der Waals surface area contributed by atoms with Crippen LogP contribution in [-0.2, 0) is 16.6 Å². The zero-order valence-electron chi connectivity index (χ0n) is 17.9. The van der Waals surface area contributed by atoms with E-state index in [1.807, 2.05) is 0 Å². The fourth-order valence-corrected chi connectivity index (χ4v) is 3.57. The minimum absolute atomic E-state index is 0.115. The molecule has 3 aromatic rings. The Morgan fingerprint density at radius 2 is 2.21 bits per heavy atom. The molecule has 0 saturated carbocycles. The Hall–Kier alpha value is -3.85. The minimum Gasteiger partial charge on any atom is -0.474 e. The van der Waals surface area contributed by atoms with Crippen LogP contribution in [0.2, 0.25) is 0 Å². The smallest absolute Gasteiger partial charge is 0.270 e. The zero-order valence-corrected chi connectivity index (χ0v) is 18.7. The molecule has 0 aromatic carbocycles. The van der Waals surface area contributed by atoms with Gasteiger partial charge >= 0.3 is 0 Å². The van der Waals surface area contributed by atoms with E-state index < -0.39 is 5.82 Å². The summed E-state index contributed by atoms with van der Waals surface area (Å²) in [6, 6.07) is 1.16. The predicted molar refractivity (Wildman–Crippen MR) is 120 cm³/mol. The van der Waals surface area contributed by atoms with Crippen LogP contribution in [0.4, 0.5) is 16.0 Å². The molecule has 13 nitrogen and oxygen atoms in total. The summed E-state index contributed by atoms with van der Waals surface area (Å²) in [4.78, 5) is 52.1. The average Bonchev–Trinajstić information content (AvgIpc) is 2.83. The number of carbonyl (C=O) groups is 2. The Morgan fingerprint density at radius 1 is 1.35 bits per heavy atom. The van der Waals surface area contributed by atoms with Crippen molar-refractivity contribution in [3.63, 3.8) is 0 Å². The molecule has 4 heterocycles. The van der Waals surface area contributed by atoms with Crippen molar-refractivity contribution in [2.45, 2.75) is 0 Å². The summed E-state index contributed by atoms with van der Waals surface area (Å²) in [6.45, 7) is 0.653. The number of carbonyl (C=O) groups excluding carboxylic acids is 2. The number of halogens is 1. The van der Waals surface area contributed by atoms with Crippen molar-refractivity contribution in [2.75, 3.05) is 42.3 Å². The number of anilines is 2. The van der Waals surface area contributed by atoms with Crippen LogP contribution >= 0.6 is 11.9 Å². The van der Waals surface area contributed by atoms with Gasteiger partial charge in [-0.15, -0.1) is 0 Å². The van der Waals surface area contributed by atoms with Gasteiger partial charge in [-0.2, -0.15) is 4.98 Å². The third kappa shape index (κ3) is 5.20. The summed E-state index contributed by atoms with van der Waals surface area (Å²) in [7, 11) is 1.52. The van der Waals surface area contributed by atoms with Crippen molar-refractivity contribution in [3.8, 4) is 11.8 Å². The SMILES string of the molecule is Cn1c(=O)cnc2cc(F)c(OCCNSCCN(C=O)c3cnc4c(n3)NC(=O)CO4)nc21. The van der Waals surface area contributed by atoms with Crippen LogP contribution in [-0.4, -0.2) is 68.9 Å². The number of hydrogen-bond donors (Lipinski definition) is 2. The molecule has 0 aliphatic carbocycles. The molecule has 1 aliphatic heterocycles. The van der Waals surface area contributed by atoms with Gasteiger partial charge in [0.15, 0.2) is 29.7 Å². The number of fused-ring (bicyclic) bond motifs is 2. The van der Waals surface area contributed by atoms with Crippen LogP contribution in [0, 0.1) is 5.82 Å². The molecule has 178 valence electrons. The standard InChI is InChI=1S/C19H19FN8O5S/c1-27-15(31)8-21-12-6-11(20)18(26-17(12)27)32-4-2-23-34-5-3-28(10-29)13-7-22-19-16(24-13)25-14(30)9-33-19/h6-8,10,23H,2-5,9H2,1H3,(H,24,25,30). The van der Waals surface area contributed by atoms with Gasteiger partial charge in [0.25, 0.3) is 23.2 Å². The number of hydrogen-bond acceptors (Lipinski definition) is 11. The summed E-state index contributed by atoms with van der Waals surface area (Å²) in [5.41, 5.74) is 0.106. The highest BCUT2D eigenvalue weighted by molar-refractivity contribution is 7.97. The van der Waals surface area contributed by atoms with Gasteiger partial charge in [-0.1, -0.05) is 11.9 Å². The van der Waals surface area contributed by atoms with Crippen molar-refractivity contribution < 1.29 is 23.5 Å². The molecule has 3 aromatic heterocycles.